The van der Waals surface area contributed by atoms with Crippen LogP contribution in [-0.4, -0.2) is 26.1 Å². The number of unbranched alkanes of at least 4 members (excludes halogenated alkanes) is 13. The van der Waals surface area contributed by atoms with Gasteiger partial charge in [0.1, 0.15) is 11.0 Å². The fourth-order valence-electron chi connectivity index (χ4n) is 3.86. The molecule has 2 amide bonds. The largest absolute Gasteiger partial charge is 0.273 e. The lowest BCUT2D eigenvalue weighted by Crippen LogP contribution is -2.33. The molecule has 0 saturated carbocycles. The van der Waals surface area contributed by atoms with Gasteiger partial charge in [-0.05, 0) is 18.6 Å². The van der Waals surface area contributed by atoms with E-state index in [0.717, 1.165) is 23.6 Å². The third kappa shape index (κ3) is 7.69. The van der Waals surface area contributed by atoms with Crippen LogP contribution in [0.3, 0.4) is 0 Å². The first-order valence-corrected chi connectivity index (χ1v) is 12.8. The van der Waals surface area contributed by atoms with Gasteiger partial charge in [0.05, 0.1) is 11.1 Å². The van der Waals surface area contributed by atoms with E-state index in [1.165, 1.54) is 70.6 Å². The molecular weight excluding hydrogens is 382 g/mol. The molecule has 0 fully saturated rings. The zero-order valence-electron chi connectivity index (χ0n) is 18.0. The fourth-order valence-corrected chi connectivity index (χ4v) is 5.06. The maximum Gasteiger partial charge on any atom is 0.273 e. The highest BCUT2D eigenvalue weighted by molar-refractivity contribution is 7.83. The summed E-state index contributed by atoms with van der Waals surface area (Å²) in [5.41, 5.74) is 0.735. The second-order valence-electron chi connectivity index (χ2n) is 8.07. The molecule has 29 heavy (non-hydrogen) atoms. The first-order valence-electron chi connectivity index (χ1n) is 11.5. The van der Waals surface area contributed by atoms with E-state index in [2.05, 4.69) is 6.92 Å². The van der Waals surface area contributed by atoms with E-state index in [1.807, 2.05) is 0 Å². The summed E-state index contributed by atoms with van der Waals surface area (Å²) in [5.74, 6) is -0.465. The van der Waals surface area contributed by atoms with E-state index >= 15 is 0 Å². The van der Waals surface area contributed by atoms with Crippen LogP contribution in [0.5, 0.6) is 0 Å². The van der Waals surface area contributed by atoms with Gasteiger partial charge in [-0.1, -0.05) is 103 Å². The normalized spacial score (nSPS) is 14.4. The molecule has 1 aliphatic rings. The highest BCUT2D eigenvalue weighted by Crippen LogP contribution is 2.24. The number of benzene rings is 1. The topological polar surface area (TPSA) is 54.5 Å². The van der Waals surface area contributed by atoms with Gasteiger partial charge in [0, 0.05) is 5.75 Å². The lowest BCUT2D eigenvalue weighted by atomic mass is 10.0. The lowest BCUT2D eigenvalue weighted by molar-refractivity contribution is 0.0771. The number of carbonyl (C=O) groups excluding carboxylic acids is 2. The Morgan fingerprint density at radius 3 is 1.45 bits per heavy atom. The van der Waals surface area contributed by atoms with Crippen LogP contribution in [0, 0.1) is 0 Å². The predicted molar refractivity (Wildman–Crippen MR) is 120 cm³/mol. The molecule has 1 atom stereocenters. The third-order valence-corrected chi connectivity index (χ3v) is 7.01. The number of carbonyl (C=O) groups is 2. The molecule has 0 aliphatic carbocycles. The number of amides is 2. The van der Waals surface area contributed by atoms with Crippen LogP contribution in [0.4, 0.5) is 0 Å². The molecule has 2 rings (SSSR count). The minimum atomic E-state index is -1.56. The van der Waals surface area contributed by atoms with Crippen LogP contribution >= 0.6 is 0 Å². The van der Waals surface area contributed by atoms with Crippen molar-refractivity contribution < 1.29 is 13.8 Å². The molecule has 0 spiro atoms. The van der Waals surface area contributed by atoms with E-state index in [-0.39, 0.29) is 0 Å². The first-order chi connectivity index (χ1) is 14.2. The number of hydrogen-bond donors (Lipinski definition) is 0. The molecule has 1 unspecified atom stereocenters. The van der Waals surface area contributed by atoms with Crippen molar-refractivity contribution in [3.05, 3.63) is 35.4 Å². The number of fused-ring (bicyclic) bond motifs is 1. The molecule has 4 nitrogen and oxygen atoms in total. The van der Waals surface area contributed by atoms with Gasteiger partial charge in [-0.25, -0.2) is 4.21 Å². The fraction of sp³-hybridized carbons (Fsp3) is 0.667. The highest BCUT2D eigenvalue weighted by Gasteiger charge is 2.38. The Morgan fingerprint density at radius 1 is 0.655 bits per heavy atom. The molecule has 1 aromatic rings. The SMILES string of the molecule is CCCCCCCCCCCCCCCCS(=O)N1C(=O)c2ccccc2C1=O. The molecule has 0 radical (unpaired) electrons. The number of nitrogens with zero attached hydrogens (tertiary/aromatic N) is 1. The molecule has 5 heteroatoms. The Kier molecular flexibility index (Phi) is 11.2. The Balaban J connectivity index is 1.47. The standard InChI is InChI=1S/C24H37NO3S/c1-2-3-4-5-6-7-8-9-10-11-12-13-14-17-20-29(28)25-23(26)21-18-15-16-19-22(21)24(25)27/h15-16,18-19H,2-14,17,20H2,1H3. The first kappa shape index (κ1) is 23.8. The van der Waals surface area contributed by atoms with Crippen molar-refractivity contribution >= 4 is 22.8 Å². The van der Waals surface area contributed by atoms with Crippen LogP contribution in [0.25, 0.3) is 0 Å². The number of hydrogen-bond acceptors (Lipinski definition) is 3. The molecular formula is C24H37NO3S. The summed E-state index contributed by atoms with van der Waals surface area (Å²) >= 11 is 0. The van der Waals surface area contributed by atoms with Crippen LogP contribution in [0.15, 0.2) is 24.3 Å². The third-order valence-electron chi connectivity index (χ3n) is 5.63. The number of rotatable bonds is 16. The highest BCUT2D eigenvalue weighted by atomic mass is 32.2. The van der Waals surface area contributed by atoms with Crippen molar-refractivity contribution in [2.75, 3.05) is 5.75 Å². The van der Waals surface area contributed by atoms with Crippen molar-refractivity contribution in [3.63, 3.8) is 0 Å². The smallest absolute Gasteiger partial charge is 0.268 e. The molecule has 162 valence electrons. The summed E-state index contributed by atoms with van der Waals surface area (Å²) in [7, 11) is -1.56. The van der Waals surface area contributed by atoms with Crippen molar-refractivity contribution in [2.24, 2.45) is 0 Å². The molecule has 0 bridgehead atoms. The maximum atomic E-state index is 12.4. The van der Waals surface area contributed by atoms with E-state index in [1.54, 1.807) is 24.3 Å². The van der Waals surface area contributed by atoms with Gasteiger partial charge in [-0.3, -0.25) is 9.59 Å². The van der Waals surface area contributed by atoms with Gasteiger partial charge in [-0.15, -0.1) is 0 Å². The van der Waals surface area contributed by atoms with Gasteiger partial charge >= 0.3 is 0 Å². The zero-order chi connectivity index (χ0) is 20.9. The Hall–Kier alpha value is -1.49. The Morgan fingerprint density at radius 2 is 1.03 bits per heavy atom. The molecule has 1 aromatic carbocycles. The van der Waals surface area contributed by atoms with Crippen LogP contribution in [0.2, 0.25) is 0 Å². The summed E-state index contributed by atoms with van der Waals surface area (Å²) in [5, 5.41) is 0. The molecule has 1 heterocycles. The molecule has 1 aliphatic heterocycles. The van der Waals surface area contributed by atoms with Crippen LogP contribution < -0.4 is 0 Å². The van der Waals surface area contributed by atoms with Crippen molar-refractivity contribution in [1.29, 1.82) is 0 Å². The van der Waals surface area contributed by atoms with E-state index in [9.17, 15) is 13.8 Å². The summed E-state index contributed by atoms with van der Waals surface area (Å²) in [4.78, 5) is 24.6. The monoisotopic (exact) mass is 419 g/mol. The van der Waals surface area contributed by atoms with Crippen LogP contribution in [0.1, 0.15) is 118 Å². The van der Waals surface area contributed by atoms with Gasteiger partial charge in [0.15, 0.2) is 0 Å². The number of imide groups is 1. The second kappa shape index (κ2) is 13.7. The Labute approximate surface area is 179 Å². The molecule has 0 saturated heterocycles. The van der Waals surface area contributed by atoms with Gasteiger partial charge in [-0.2, -0.15) is 4.31 Å². The van der Waals surface area contributed by atoms with Gasteiger partial charge in [0.25, 0.3) is 11.8 Å². The van der Waals surface area contributed by atoms with Crippen molar-refractivity contribution in [2.45, 2.75) is 96.8 Å². The summed E-state index contributed by atoms with van der Waals surface area (Å²) < 4.78 is 13.4. The minimum Gasteiger partial charge on any atom is -0.268 e. The van der Waals surface area contributed by atoms with E-state index < -0.39 is 22.8 Å². The quantitative estimate of drug-likeness (QED) is 0.229. The Bertz CT molecular complexity index is 639. The van der Waals surface area contributed by atoms with Gasteiger partial charge < -0.3 is 0 Å². The molecule has 0 N–H and O–H groups in total. The van der Waals surface area contributed by atoms with E-state index in [0.29, 0.717) is 16.9 Å². The summed E-state index contributed by atoms with van der Waals surface area (Å²) in [6, 6.07) is 6.70. The average Bonchev–Trinajstić information content (AvgIpc) is 2.99. The van der Waals surface area contributed by atoms with Gasteiger partial charge in [0.2, 0.25) is 0 Å². The summed E-state index contributed by atoms with van der Waals surface area (Å²) in [6.45, 7) is 2.26. The lowest BCUT2D eigenvalue weighted by Gasteiger charge is -2.12. The second-order valence-corrected chi connectivity index (χ2v) is 9.49. The zero-order valence-corrected chi connectivity index (χ0v) is 18.8. The maximum absolute atomic E-state index is 12.4. The minimum absolute atomic E-state index is 0.367. The molecule has 0 aromatic heterocycles. The summed E-state index contributed by atoms with van der Waals surface area (Å²) in [6.07, 6.45) is 17.7. The van der Waals surface area contributed by atoms with Crippen LogP contribution in [-0.2, 0) is 11.0 Å². The van der Waals surface area contributed by atoms with E-state index in [4.69, 9.17) is 0 Å². The predicted octanol–water partition coefficient (Wildman–Crippen LogP) is 6.43. The van der Waals surface area contributed by atoms with Crippen molar-refractivity contribution in [1.82, 2.24) is 4.31 Å². The average molecular weight is 420 g/mol. The van der Waals surface area contributed by atoms with Crippen molar-refractivity contribution in [3.8, 4) is 0 Å².